The standard InChI is InChI=1S/C10H15N3O/c1-13-6-5-9(12-13)10(14)11-7-8-3-2-4-8/h5-6,8H,2-4,7H2,1H3,(H,11,14). The van der Waals surface area contributed by atoms with Gasteiger partial charge in [-0.05, 0) is 24.8 Å². The van der Waals surface area contributed by atoms with Crippen LogP contribution in [0.1, 0.15) is 29.8 Å². The molecule has 0 saturated heterocycles. The minimum atomic E-state index is -0.0579. The molecule has 0 unspecified atom stereocenters. The van der Waals surface area contributed by atoms with E-state index in [1.165, 1.54) is 19.3 Å². The van der Waals surface area contributed by atoms with E-state index in [0.717, 1.165) is 6.54 Å². The van der Waals surface area contributed by atoms with Gasteiger partial charge in [-0.3, -0.25) is 9.48 Å². The minimum absolute atomic E-state index is 0.0579. The smallest absolute Gasteiger partial charge is 0.271 e. The number of rotatable bonds is 3. The number of amides is 1. The van der Waals surface area contributed by atoms with Crippen LogP contribution in [0.15, 0.2) is 12.3 Å². The zero-order valence-electron chi connectivity index (χ0n) is 8.36. The molecule has 0 aromatic carbocycles. The van der Waals surface area contributed by atoms with Crippen LogP contribution in [0.25, 0.3) is 0 Å². The maximum Gasteiger partial charge on any atom is 0.271 e. The summed E-state index contributed by atoms with van der Waals surface area (Å²) in [5.74, 6) is 0.639. The molecular formula is C10H15N3O. The molecule has 76 valence electrons. The summed E-state index contributed by atoms with van der Waals surface area (Å²) in [5, 5.41) is 6.94. The van der Waals surface area contributed by atoms with E-state index in [0.29, 0.717) is 11.6 Å². The predicted molar refractivity (Wildman–Crippen MR) is 52.9 cm³/mol. The Labute approximate surface area is 83.3 Å². The van der Waals surface area contributed by atoms with Crippen molar-refractivity contribution < 1.29 is 4.79 Å². The zero-order chi connectivity index (χ0) is 9.97. The van der Waals surface area contributed by atoms with Gasteiger partial charge in [0.1, 0.15) is 5.69 Å². The number of aryl methyl sites for hydroxylation is 1. The Kier molecular flexibility index (Phi) is 2.52. The summed E-state index contributed by atoms with van der Waals surface area (Å²) in [6.07, 6.45) is 5.59. The van der Waals surface area contributed by atoms with E-state index in [4.69, 9.17) is 0 Å². The van der Waals surface area contributed by atoms with Crippen LogP contribution in [0.5, 0.6) is 0 Å². The lowest BCUT2D eigenvalue weighted by Crippen LogP contribution is -2.32. The number of carbonyl (C=O) groups excluding carboxylic acids is 1. The van der Waals surface area contributed by atoms with Crippen LogP contribution in [-0.2, 0) is 7.05 Å². The van der Waals surface area contributed by atoms with Crippen molar-refractivity contribution in [2.24, 2.45) is 13.0 Å². The summed E-state index contributed by atoms with van der Waals surface area (Å²) >= 11 is 0. The second kappa shape index (κ2) is 3.82. The molecule has 1 fully saturated rings. The van der Waals surface area contributed by atoms with Crippen LogP contribution < -0.4 is 5.32 Å². The van der Waals surface area contributed by atoms with Crippen LogP contribution >= 0.6 is 0 Å². The fourth-order valence-corrected chi connectivity index (χ4v) is 1.56. The normalized spacial score (nSPS) is 16.4. The summed E-state index contributed by atoms with van der Waals surface area (Å²) < 4.78 is 1.64. The Balaban J connectivity index is 1.82. The van der Waals surface area contributed by atoms with Gasteiger partial charge < -0.3 is 5.32 Å². The Morgan fingerprint density at radius 1 is 1.71 bits per heavy atom. The summed E-state index contributed by atoms with van der Waals surface area (Å²) in [6, 6.07) is 1.73. The fraction of sp³-hybridized carbons (Fsp3) is 0.600. The quantitative estimate of drug-likeness (QED) is 0.777. The molecule has 0 radical (unpaired) electrons. The van der Waals surface area contributed by atoms with Gasteiger partial charge in [-0.2, -0.15) is 5.10 Å². The third-order valence-electron chi connectivity index (χ3n) is 2.72. The fourth-order valence-electron chi connectivity index (χ4n) is 1.56. The van der Waals surface area contributed by atoms with Gasteiger partial charge in [-0.25, -0.2) is 0 Å². The molecule has 0 bridgehead atoms. The van der Waals surface area contributed by atoms with Gasteiger partial charge in [0.15, 0.2) is 0 Å². The van der Waals surface area contributed by atoms with Crippen LogP contribution in [0.3, 0.4) is 0 Å². The van der Waals surface area contributed by atoms with E-state index in [1.807, 2.05) is 7.05 Å². The highest BCUT2D eigenvalue weighted by Gasteiger charge is 2.18. The Morgan fingerprint density at radius 2 is 2.50 bits per heavy atom. The third-order valence-corrected chi connectivity index (χ3v) is 2.72. The van der Waals surface area contributed by atoms with Crippen molar-refractivity contribution in [3.8, 4) is 0 Å². The number of aromatic nitrogens is 2. The first-order chi connectivity index (χ1) is 6.75. The van der Waals surface area contributed by atoms with Crippen LogP contribution in [0.4, 0.5) is 0 Å². The van der Waals surface area contributed by atoms with Crippen molar-refractivity contribution in [1.29, 1.82) is 0 Å². The number of hydrogen-bond acceptors (Lipinski definition) is 2. The van der Waals surface area contributed by atoms with Crippen molar-refractivity contribution in [2.75, 3.05) is 6.54 Å². The highest BCUT2D eigenvalue weighted by atomic mass is 16.1. The summed E-state index contributed by atoms with van der Waals surface area (Å²) in [4.78, 5) is 11.5. The van der Waals surface area contributed by atoms with Crippen molar-refractivity contribution in [3.63, 3.8) is 0 Å². The maximum absolute atomic E-state index is 11.5. The summed E-state index contributed by atoms with van der Waals surface area (Å²) in [5.41, 5.74) is 0.506. The molecule has 1 aliphatic rings. The molecule has 1 aromatic heterocycles. The van der Waals surface area contributed by atoms with Gasteiger partial charge in [0.2, 0.25) is 0 Å². The predicted octanol–water partition coefficient (Wildman–Crippen LogP) is 0.950. The molecule has 0 spiro atoms. The highest BCUT2D eigenvalue weighted by Crippen LogP contribution is 2.25. The average molecular weight is 193 g/mol. The van der Waals surface area contributed by atoms with E-state index in [1.54, 1.807) is 16.9 Å². The minimum Gasteiger partial charge on any atom is -0.350 e. The van der Waals surface area contributed by atoms with Crippen LogP contribution in [-0.4, -0.2) is 22.2 Å². The van der Waals surface area contributed by atoms with Crippen molar-refractivity contribution in [1.82, 2.24) is 15.1 Å². The first kappa shape index (κ1) is 9.24. The molecule has 14 heavy (non-hydrogen) atoms. The number of hydrogen-bond donors (Lipinski definition) is 1. The molecule has 1 aliphatic carbocycles. The van der Waals surface area contributed by atoms with Gasteiger partial charge >= 0.3 is 0 Å². The second-order valence-corrected chi connectivity index (χ2v) is 3.88. The molecule has 4 nitrogen and oxygen atoms in total. The Morgan fingerprint density at radius 3 is 3.00 bits per heavy atom. The van der Waals surface area contributed by atoms with Crippen molar-refractivity contribution in [2.45, 2.75) is 19.3 Å². The molecule has 1 aromatic rings. The molecule has 1 heterocycles. The van der Waals surface area contributed by atoms with Gasteiger partial charge in [-0.15, -0.1) is 0 Å². The molecule has 4 heteroatoms. The van der Waals surface area contributed by atoms with Gasteiger partial charge in [0.25, 0.3) is 5.91 Å². The number of nitrogens with one attached hydrogen (secondary N) is 1. The van der Waals surface area contributed by atoms with E-state index in [9.17, 15) is 4.79 Å². The van der Waals surface area contributed by atoms with E-state index >= 15 is 0 Å². The first-order valence-corrected chi connectivity index (χ1v) is 5.03. The molecule has 2 rings (SSSR count). The lowest BCUT2D eigenvalue weighted by Gasteiger charge is -2.25. The monoisotopic (exact) mass is 193 g/mol. The molecule has 1 N–H and O–H groups in total. The average Bonchev–Trinajstić information content (AvgIpc) is 2.49. The summed E-state index contributed by atoms with van der Waals surface area (Å²) in [7, 11) is 1.81. The molecule has 1 saturated carbocycles. The number of carbonyl (C=O) groups is 1. The zero-order valence-corrected chi connectivity index (χ0v) is 8.36. The second-order valence-electron chi connectivity index (χ2n) is 3.88. The summed E-state index contributed by atoms with van der Waals surface area (Å²) in [6.45, 7) is 0.801. The molecule has 0 atom stereocenters. The van der Waals surface area contributed by atoms with Crippen LogP contribution in [0.2, 0.25) is 0 Å². The third kappa shape index (κ3) is 1.95. The Hall–Kier alpha value is -1.32. The van der Waals surface area contributed by atoms with Crippen LogP contribution in [0, 0.1) is 5.92 Å². The van der Waals surface area contributed by atoms with E-state index < -0.39 is 0 Å². The lowest BCUT2D eigenvalue weighted by atomic mass is 9.85. The van der Waals surface area contributed by atoms with E-state index in [-0.39, 0.29) is 5.91 Å². The lowest BCUT2D eigenvalue weighted by molar-refractivity contribution is 0.0933. The van der Waals surface area contributed by atoms with Gasteiger partial charge in [0.05, 0.1) is 0 Å². The highest BCUT2D eigenvalue weighted by molar-refractivity contribution is 5.92. The van der Waals surface area contributed by atoms with E-state index in [2.05, 4.69) is 10.4 Å². The van der Waals surface area contributed by atoms with Crippen molar-refractivity contribution >= 4 is 5.91 Å². The molecular weight excluding hydrogens is 178 g/mol. The van der Waals surface area contributed by atoms with Gasteiger partial charge in [-0.1, -0.05) is 6.42 Å². The Bertz CT molecular complexity index is 328. The topological polar surface area (TPSA) is 46.9 Å². The SMILES string of the molecule is Cn1ccc(C(=O)NCC2CCC2)n1. The molecule has 1 amide bonds. The first-order valence-electron chi connectivity index (χ1n) is 5.03. The van der Waals surface area contributed by atoms with Gasteiger partial charge in [0, 0.05) is 19.8 Å². The number of nitrogens with zero attached hydrogens (tertiary/aromatic N) is 2. The van der Waals surface area contributed by atoms with Crippen molar-refractivity contribution in [3.05, 3.63) is 18.0 Å². The maximum atomic E-state index is 11.5. The largest absolute Gasteiger partial charge is 0.350 e. The molecule has 0 aliphatic heterocycles.